The van der Waals surface area contributed by atoms with E-state index in [1.807, 2.05) is 24.3 Å². The highest BCUT2D eigenvalue weighted by atomic mass is 19.1. The highest BCUT2D eigenvalue weighted by Gasteiger charge is 2.17. The molecule has 0 aliphatic heterocycles. The van der Waals surface area contributed by atoms with E-state index in [1.165, 1.54) is 0 Å². The van der Waals surface area contributed by atoms with Crippen LogP contribution < -0.4 is 22.1 Å². The highest BCUT2D eigenvalue weighted by Crippen LogP contribution is 2.25. The third-order valence-electron chi connectivity index (χ3n) is 4.41. The van der Waals surface area contributed by atoms with E-state index in [1.54, 1.807) is 12.3 Å². The molecule has 1 unspecified atom stereocenters. The van der Waals surface area contributed by atoms with Crippen molar-refractivity contribution in [1.82, 2.24) is 9.97 Å². The molecule has 2 heterocycles. The van der Waals surface area contributed by atoms with Crippen LogP contribution in [0.2, 0.25) is 0 Å². The Hall–Kier alpha value is -3.26. The molecule has 29 heavy (non-hydrogen) atoms. The standard InChI is InChI=1S/C21H25FN6O/c1-12(2)8-14(23)11-26-21-17(22)10-16(19(24)29)20(28-21)27-15-5-6-18-13(9-15)4-3-7-25-18/h3-7,9-10,12,14H,8,11,23H2,1-2H3,(H2,24,29)(H2,26,27,28). The number of hydrogen-bond donors (Lipinski definition) is 4. The van der Waals surface area contributed by atoms with Gasteiger partial charge in [0.2, 0.25) is 0 Å². The number of nitrogens with one attached hydrogen (secondary N) is 2. The number of benzene rings is 1. The molecule has 0 saturated carbocycles. The van der Waals surface area contributed by atoms with Crippen molar-refractivity contribution >= 4 is 34.1 Å². The van der Waals surface area contributed by atoms with Crippen LogP contribution in [-0.2, 0) is 0 Å². The first-order valence-corrected chi connectivity index (χ1v) is 9.45. The van der Waals surface area contributed by atoms with E-state index in [9.17, 15) is 9.18 Å². The Kier molecular flexibility index (Phi) is 6.23. The summed E-state index contributed by atoms with van der Waals surface area (Å²) in [6, 6.07) is 10.2. The topological polar surface area (TPSA) is 119 Å². The quantitative estimate of drug-likeness (QED) is 0.463. The molecule has 1 amide bonds. The molecule has 8 heteroatoms. The van der Waals surface area contributed by atoms with Gasteiger partial charge in [0.05, 0.1) is 11.1 Å². The van der Waals surface area contributed by atoms with Gasteiger partial charge in [-0.2, -0.15) is 0 Å². The summed E-state index contributed by atoms with van der Waals surface area (Å²) in [6.45, 7) is 4.50. The third kappa shape index (κ3) is 5.17. The molecule has 152 valence electrons. The summed E-state index contributed by atoms with van der Waals surface area (Å²) in [5, 5.41) is 6.90. The van der Waals surface area contributed by atoms with Gasteiger partial charge in [-0.25, -0.2) is 9.37 Å². The van der Waals surface area contributed by atoms with E-state index >= 15 is 0 Å². The average molecular weight is 396 g/mol. The number of primary amides is 1. The van der Waals surface area contributed by atoms with Gasteiger partial charge >= 0.3 is 0 Å². The summed E-state index contributed by atoms with van der Waals surface area (Å²) in [5.74, 6) is -0.823. The van der Waals surface area contributed by atoms with Crippen LogP contribution in [0.4, 0.5) is 21.7 Å². The first-order chi connectivity index (χ1) is 13.8. The van der Waals surface area contributed by atoms with E-state index in [0.29, 0.717) is 18.2 Å². The zero-order valence-corrected chi connectivity index (χ0v) is 16.4. The second kappa shape index (κ2) is 8.83. The lowest BCUT2D eigenvalue weighted by Gasteiger charge is -2.17. The Balaban J connectivity index is 1.87. The van der Waals surface area contributed by atoms with Gasteiger partial charge in [-0.1, -0.05) is 19.9 Å². The molecule has 3 rings (SSSR count). The van der Waals surface area contributed by atoms with Crippen LogP contribution in [0.25, 0.3) is 10.9 Å². The monoisotopic (exact) mass is 396 g/mol. The lowest BCUT2D eigenvalue weighted by atomic mass is 10.0. The lowest BCUT2D eigenvalue weighted by molar-refractivity contribution is 0.100. The molecule has 2 aromatic heterocycles. The van der Waals surface area contributed by atoms with Crippen LogP contribution in [0.1, 0.15) is 30.6 Å². The maximum atomic E-state index is 14.4. The number of amides is 1. The second-order valence-corrected chi connectivity index (χ2v) is 7.39. The predicted octanol–water partition coefficient (Wildman–Crippen LogP) is 3.40. The number of carbonyl (C=O) groups is 1. The van der Waals surface area contributed by atoms with Crippen molar-refractivity contribution in [2.45, 2.75) is 26.3 Å². The van der Waals surface area contributed by atoms with E-state index < -0.39 is 11.7 Å². The van der Waals surface area contributed by atoms with Crippen LogP contribution in [0.15, 0.2) is 42.6 Å². The van der Waals surface area contributed by atoms with Gasteiger partial charge in [-0.3, -0.25) is 9.78 Å². The Morgan fingerprint density at radius 2 is 2.00 bits per heavy atom. The molecule has 0 aliphatic rings. The van der Waals surface area contributed by atoms with E-state index in [0.717, 1.165) is 23.4 Å². The SMILES string of the molecule is CC(C)CC(N)CNc1nc(Nc2ccc3ncccc3c2)c(C(N)=O)cc1F. The number of nitrogens with zero attached hydrogens (tertiary/aromatic N) is 2. The van der Waals surface area contributed by atoms with Crippen LogP contribution in [0.3, 0.4) is 0 Å². The van der Waals surface area contributed by atoms with Crippen molar-refractivity contribution in [2.75, 3.05) is 17.2 Å². The lowest BCUT2D eigenvalue weighted by Crippen LogP contribution is -2.31. The summed E-state index contributed by atoms with van der Waals surface area (Å²) in [5.41, 5.74) is 12.9. The van der Waals surface area contributed by atoms with Crippen molar-refractivity contribution in [3.05, 3.63) is 54.0 Å². The zero-order valence-electron chi connectivity index (χ0n) is 16.4. The van der Waals surface area contributed by atoms with Crippen LogP contribution in [-0.4, -0.2) is 28.5 Å². The molecule has 0 radical (unpaired) electrons. The number of rotatable bonds is 8. The summed E-state index contributed by atoms with van der Waals surface area (Å²) in [4.78, 5) is 20.3. The normalized spacial score (nSPS) is 12.2. The molecule has 1 atom stereocenters. The fourth-order valence-electron chi connectivity index (χ4n) is 3.10. The largest absolute Gasteiger partial charge is 0.366 e. The molecule has 6 N–H and O–H groups in total. The Morgan fingerprint density at radius 3 is 2.72 bits per heavy atom. The molecule has 0 aliphatic carbocycles. The molecule has 7 nitrogen and oxygen atoms in total. The number of anilines is 3. The maximum Gasteiger partial charge on any atom is 0.252 e. The first-order valence-electron chi connectivity index (χ1n) is 9.45. The number of nitrogens with two attached hydrogens (primary N) is 2. The van der Waals surface area contributed by atoms with Crippen LogP contribution in [0.5, 0.6) is 0 Å². The molecule has 0 bridgehead atoms. The van der Waals surface area contributed by atoms with E-state index in [2.05, 4.69) is 34.4 Å². The summed E-state index contributed by atoms with van der Waals surface area (Å²) < 4.78 is 14.4. The number of fused-ring (bicyclic) bond motifs is 1. The minimum atomic E-state index is -0.774. The smallest absolute Gasteiger partial charge is 0.252 e. The Bertz CT molecular complexity index is 1020. The Morgan fingerprint density at radius 1 is 1.21 bits per heavy atom. The summed E-state index contributed by atoms with van der Waals surface area (Å²) in [6.07, 6.45) is 2.51. The number of carbonyl (C=O) groups excluding carboxylic acids is 1. The molecular formula is C21H25FN6O. The van der Waals surface area contributed by atoms with Gasteiger partial charge in [0.1, 0.15) is 5.82 Å². The van der Waals surface area contributed by atoms with Gasteiger partial charge in [0.25, 0.3) is 5.91 Å². The van der Waals surface area contributed by atoms with E-state index in [-0.39, 0.29) is 23.2 Å². The highest BCUT2D eigenvalue weighted by molar-refractivity contribution is 5.99. The van der Waals surface area contributed by atoms with Crippen LogP contribution in [0, 0.1) is 11.7 Å². The fraction of sp³-hybridized carbons (Fsp3) is 0.286. The number of pyridine rings is 2. The van der Waals surface area contributed by atoms with E-state index in [4.69, 9.17) is 11.5 Å². The van der Waals surface area contributed by atoms with Crippen LogP contribution >= 0.6 is 0 Å². The molecule has 0 spiro atoms. The van der Waals surface area contributed by atoms with Gasteiger partial charge in [0, 0.05) is 29.9 Å². The first kappa shape index (κ1) is 20.5. The summed E-state index contributed by atoms with van der Waals surface area (Å²) in [7, 11) is 0. The van der Waals surface area contributed by atoms with Gasteiger partial charge in [0.15, 0.2) is 11.6 Å². The van der Waals surface area contributed by atoms with Crippen molar-refractivity contribution in [3.8, 4) is 0 Å². The molecule has 0 fully saturated rings. The van der Waals surface area contributed by atoms with Crippen molar-refractivity contribution in [1.29, 1.82) is 0 Å². The second-order valence-electron chi connectivity index (χ2n) is 7.39. The van der Waals surface area contributed by atoms with Gasteiger partial charge in [-0.15, -0.1) is 0 Å². The molecule has 0 saturated heterocycles. The molecule has 3 aromatic rings. The van der Waals surface area contributed by atoms with Crippen molar-refractivity contribution < 1.29 is 9.18 Å². The Labute approximate surface area is 168 Å². The van der Waals surface area contributed by atoms with Crippen molar-refractivity contribution in [3.63, 3.8) is 0 Å². The third-order valence-corrected chi connectivity index (χ3v) is 4.41. The number of halogens is 1. The van der Waals surface area contributed by atoms with Crippen molar-refractivity contribution in [2.24, 2.45) is 17.4 Å². The fourth-order valence-corrected chi connectivity index (χ4v) is 3.10. The molecule has 1 aromatic carbocycles. The minimum absolute atomic E-state index is 0.0131. The zero-order chi connectivity index (χ0) is 21.0. The number of aromatic nitrogens is 2. The maximum absolute atomic E-state index is 14.4. The van der Waals surface area contributed by atoms with Gasteiger partial charge < -0.3 is 22.1 Å². The number of hydrogen-bond acceptors (Lipinski definition) is 6. The van der Waals surface area contributed by atoms with Gasteiger partial charge in [-0.05, 0) is 42.7 Å². The molecular weight excluding hydrogens is 371 g/mol. The minimum Gasteiger partial charge on any atom is -0.366 e. The predicted molar refractivity (Wildman–Crippen MR) is 114 cm³/mol. The summed E-state index contributed by atoms with van der Waals surface area (Å²) >= 11 is 0. The average Bonchev–Trinajstić information content (AvgIpc) is 2.67.